The molecule has 0 amide bonds. The van der Waals surface area contributed by atoms with Gasteiger partial charge in [-0.1, -0.05) is 0 Å². The van der Waals surface area contributed by atoms with Crippen molar-refractivity contribution in [3.8, 4) is 11.5 Å². The van der Waals surface area contributed by atoms with Crippen LogP contribution < -0.4 is 21.2 Å². The van der Waals surface area contributed by atoms with Crippen molar-refractivity contribution in [2.75, 3.05) is 13.2 Å². The molecule has 0 saturated carbocycles. The maximum absolute atomic E-state index is 5.58. The zero-order valence-corrected chi connectivity index (χ0v) is 12.1. The minimum atomic E-state index is 0.455. The minimum absolute atomic E-state index is 0.455. The first kappa shape index (κ1) is 15.4. The van der Waals surface area contributed by atoms with Gasteiger partial charge in [-0.05, 0) is 59.7 Å². The van der Waals surface area contributed by atoms with Gasteiger partial charge in [-0.25, -0.2) is 0 Å². The predicted octanol–water partition coefficient (Wildman–Crippen LogP) is 1.73. The maximum atomic E-state index is 5.58. The average molecular weight is 298 g/mol. The summed E-state index contributed by atoms with van der Waals surface area (Å²) >= 11 is 0. The molecule has 0 aromatic heterocycles. The van der Waals surface area contributed by atoms with Crippen molar-refractivity contribution in [2.45, 2.75) is 0 Å². The molecule has 6 nitrogen and oxygen atoms in total. The lowest BCUT2D eigenvalue weighted by atomic mass is 10.2. The third-order valence-electron chi connectivity index (χ3n) is 2.83. The second kappa shape index (κ2) is 8.31. The summed E-state index contributed by atoms with van der Waals surface area (Å²) in [6, 6.07) is 15.0. The zero-order valence-electron chi connectivity index (χ0n) is 12.1. The van der Waals surface area contributed by atoms with Crippen molar-refractivity contribution in [1.82, 2.24) is 0 Å². The Labute approximate surface area is 129 Å². The van der Waals surface area contributed by atoms with E-state index in [4.69, 9.17) is 21.2 Å². The summed E-state index contributed by atoms with van der Waals surface area (Å²) in [7, 11) is 0. The molecule has 0 aliphatic carbocycles. The highest BCUT2D eigenvalue weighted by molar-refractivity contribution is 5.79. The Balaban J connectivity index is 1.74. The molecule has 6 heteroatoms. The number of ether oxygens (including phenoxy) is 2. The first-order chi connectivity index (χ1) is 10.8. The van der Waals surface area contributed by atoms with Gasteiger partial charge in [0.25, 0.3) is 0 Å². The van der Waals surface area contributed by atoms with E-state index < -0.39 is 0 Å². The molecule has 0 aliphatic heterocycles. The molecule has 2 aromatic rings. The van der Waals surface area contributed by atoms with E-state index in [9.17, 15) is 0 Å². The van der Waals surface area contributed by atoms with Crippen molar-refractivity contribution in [1.29, 1.82) is 0 Å². The normalized spacial score (nSPS) is 11.1. The van der Waals surface area contributed by atoms with Crippen molar-refractivity contribution >= 4 is 12.4 Å². The van der Waals surface area contributed by atoms with Gasteiger partial charge >= 0.3 is 0 Å². The number of hydrogen-bond donors (Lipinski definition) is 2. The van der Waals surface area contributed by atoms with Crippen molar-refractivity contribution in [2.24, 2.45) is 21.9 Å². The number of nitrogens with zero attached hydrogens (tertiary/aromatic N) is 2. The Morgan fingerprint density at radius 1 is 0.682 bits per heavy atom. The molecule has 0 atom stereocenters. The molecule has 0 aliphatic rings. The molecule has 0 unspecified atom stereocenters. The van der Waals surface area contributed by atoms with Crippen molar-refractivity contribution in [3.63, 3.8) is 0 Å². The monoisotopic (exact) mass is 298 g/mol. The molecule has 0 spiro atoms. The first-order valence-electron chi connectivity index (χ1n) is 6.74. The van der Waals surface area contributed by atoms with Crippen molar-refractivity contribution < 1.29 is 9.47 Å². The van der Waals surface area contributed by atoms with Gasteiger partial charge in [0.2, 0.25) is 0 Å². The fourth-order valence-corrected chi connectivity index (χ4v) is 1.79. The molecule has 0 heterocycles. The van der Waals surface area contributed by atoms with E-state index in [0.717, 1.165) is 22.6 Å². The Morgan fingerprint density at radius 2 is 1.05 bits per heavy atom. The van der Waals surface area contributed by atoms with Gasteiger partial charge in [-0.2, -0.15) is 10.2 Å². The van der Waals surface area contributed by atoms with Crippen LogP contribution in [0.1, 0.15) is 11.1 Å². The quantitative estimate of drug-likeness (QED) is 0.352. The van der Waals surface area contributed by atoms with Crippen LogP contribution in [-0.4, -0.2) is 25.6 Å². The lowest BCUT2D eigenvalue weighted by Gasteiger charge is -2.08. The van der Waals surface area contributed by atoms with Crippen LogP contribution in [0.15, 0.2) is 58.7 Å². The van der Waals surface area contributed by atoms with E-state index in [1.807, 2.05) is 48.5 Å². The van der Waals surface area contributed by atoms with Crippen LogP contribution in [0.4, 0.5) is 0 Å². The largest absolute Gasteiger partial charge is 0.490 e. The molecule has 114 valence electrons. The molecule has 0 bridgehead atoms. The average Bonchev–Trinajstić information content (AvgIpc) is 2.55. The van der Waals surface area contributed by atoms with Crippen LogP contribution in [-0.2, 0) is 0 Å². The number of hydrazone groups is 2. The number of hydrogen-bond acceptors (Lipinski definition) is 6. The molecule has 0 radical (unpaired) electrons. The molecular formula is C16H18N4O2. The number of rotatable bonds is 7. The number of nitrogens with two attached hydrogens (primary N) is 2. The van der Waals surface area contributed by atoms with Crippen LogP contribution in [0.2, 0.25) is 0 Å². The minimum Gasteiger partial charge on any atom is -0.490 e. The van der Waals surface area contributed by atoms with Crippen molar-refractivity contribution in [3.05, 3.63) is 59.7 Å². The van der Waals surface area contributed by atoms with Gasteiger partial charge in [0.15, 0.2) is 0 Å². The SMILES string of the molecule is NN=Cc1ccc(OCCOc2ccc(C=NN)cc2)cc1. The Morgan fingerprint density at radius 3 is 1.36 bits per heavy atom. The highest BCUT2D eigenvalue weighted by Crippen LogP contribution is 2.13. The van der Waals surface area contributed by atoms with Gasteiger partial charge in [-0.3, -0.25) is 0 Å². The van der Waals surface area contributed by atoms with E-state index in [1.165, 1.54) is 0 Å². The van der Waals surface area contributed by atoms with Gasteiger partial charge in [0, 0.05) is 0 Å². The summed E-state index contributed by atoms with van der Waals surface area (Å²) in [6.07, 6.45) is 3.15. The van der Waals surface area contributed by atoms with Gasteiger partial charge in [0.05, 0.1) is 12.4 Å². The third kappa shape index (κ3) is 4.82. The summed E-state index contributed by atoms with van der Waals surface area (Å²) in [5.74, 6) is 11.7. The fraction of sp³-hybridized carbons (Fsp3) is 0.125. The molecule has 22 heavy (non-hydrogen) atoms. The van der Waals surface area contributed by atoms with E-state index in [-0.39, 0.29) is 0 Å². The molecule has 2 rings (SSSR count). The van der Waals surface area contributed by atoms with Crippen LogP contribution in [0, 0.1) is 0 Å². The van der Waals surface area contributed by atoms with Gasteiger partial charge < -0.3 is 21.2 Å². The second-order valence-electron chi connectivity index (χ2n) is 4.39. The third-order valence-corrected chi connectivity index (χ3v) is 2.83. The molecule has 0 saturated heterocycles. The lowest BCUT2D eigenvalue weighted by molar-refractivity contribution is 0.217. The molecular weight excluding hydrogens is 280 g/mol. The van der Waals surface area contributed by atoms with Gasteiger partial charge in [0.1, 0.15) is 24.7 Å². The summed E-state index contributed by atoms with van der Waals surface area (Å²) in [5, 5.41) is 6.92. The Kier molecular flexibility index (Phi) is 5.80. The first-order valence-corrected chi connectivity index (χ1v) is 6.74. The Hall–Kier alpha value is -3.02. The van der Waals surface area contributed by atoms with E-state index in [0.29, 0.717) is 13.2 Å². The second-order valence-corrected chi connectivity index (χ2v) is 4.39. The van der Waals surface area contributed by atoms with Crippen LogP contribution in [0.5, 0.6) is 11.5 Å². The molecule has 4 N–H and O–H groups in total. The highest BCUT2D eigenvalue weighted by Gasteiger charge is 1.97. The summed E-state index contributed by atoms with van der Waals surface area (Å²) in [4.78, 5) is 0. The highest BCUT2D eigenvalue weighted by atomic mass is 16.5. The van der Waals surface area contributed by atoms with E-state index in [2.05, 4.69) is 10.2 Å². The number of benzene rings is 2. The van der Waals surface area contributed by atoms with Crippen LogP contribution >= 0.6 is 0 Å². The van der Waals surface area contributed by atoms with Crippen LogP contribution in [0.25, 0.3) is 0 Å². The zero-order chi connectivity index (χ0) is 15.6. The van der Waals surface area contributed by atoms with E-state index in [1.54, 1.807) is 12.4 Å². The topological polar surface area (TPSA) is 95.2 Å². The smallest absolute Gasteiger partial charge is 0.122 e. The predicted molar refractivity (Wildman–Crippen MR) is 87.4 cm³/mol. The van der Waals surface area contributed by atoms with Gasteiger partial charge in [-0.15, -0.1) is 0 Å². The van der Waals surface area contributed by atoms with Crippen LogP contribution in [0.3, 0.4) is 0 Å². The standard InChI is InChI=1S/C16H18N4O2/c17-19-11-13-1-5-15(6-2-13)21-9-10-22-16-7-3-14(4-8-16)12-20-18/h1-8,11-12H,9-10,17-18H2. The molecule has 0 fully saturated rings. The fourth-order valence-electron chi connectivity index (χ4n) is 1.79. The summed E-state index contributed by atoms with van der Waals surface area (Å²) in [5.41, 5.74) is 1.85. The lowest BCUT2D eigenvalue weighted by Crippen LogP contribution is -2.09. The molecule has 2 aromatic carbocycles. The maximum Gasteiger partial charge on any atom is 0.122 e. The summed E-state index contributed by atoms with van der Waals surface area (Å²) in [6.45, 7) is 0.909. The van der Waals surface area contributed by atoms with E-state index >= 15 is 0 Å². The Bertz CT molecular complexity index is 564. The summed E-state index contributed by atoms with van der Waals surface area (Å²) < 4.78 is 11.2.